The molecule has 1 unspecified atom stereocenters. The van der Waals surface area contributed by atoms with Crippen LogP contribution in [0.15, 0.2) is 18.2 Å². The van der Waals surface area contributed by atoms with Crippen molar-refractivity contribution in [1.29, 1.82) is 0 Å². The summed E-state index contributed by atoms with van der Waals surface area (Å²) in [6, 6.07) is 6.42. The highest BCUT2D eigenvalue weighted by Crippen LogP contribution is 2.18. The summed E-state index contributed by atoms with van der Waals surface area (Å²) in [4.78, 5) is 0. The minimum atomic E-state index is 0.209. The third-order valence-electron chi connectivity index (χ3n) is 2.16. The lowest BCUT2D eigenvalue weighted by Gasteiger charge is -2.10. The summed E-state index contributed by atoms with van der Waals surface area (Å²) in [5.41, 5.74) is 8.09. The quantitative estimate of drug-likeness (QED) is 0.797. The fourth-order valence-corrected chi connectivity index (χ4v) is 1.32. The lowest BCUT2D eigenvalue weighted by Crippen LogP contribution is -2.18. The second-order valence-electron chi connectivity index (χ2n) is 3.88. The molecule has 0 saturated heterocycles. The van der Waals surface area contributed by atoms with Gasteiger partial charge in [-0.15, -0.1) is 0 Å². The Morgan fingerprint density at radius 3 is 2.64 bits per heavy atom. The van der Waals surface area contributed by atoms with Gasteiger partial charge in [0, 0.05) is 6.04 Å². The van der Waals surface area contributed by atoms with Gasteiger partial charge in [0.05, 0.1) is 6.61 Å². The van der Waals surface area contributed by atoms with E-state index in [0.717, 1.165) is 12.2 Å². The van der Waals surface area contributed by atoms with Crippen molar-refractivity contribution in [2.75, 3.05) is 6.61 Å². The first kappa shape index (κ1) is 11.1. The molecule has 0 aliphatic rings. The number of ether oxygens (including phenoxy) is 1. The number of hydrogen-bond acceptors (Lipinski definition) is 2. The van der Waals surface area contributed by atoms with Gasteiger partial charge in [-0.25, -0.2) is 0 Å². The van der Waals surface area contributed by atoms with Crippen molar-refractivity contribution >= 4 is 0 Å². The van der Waals surface area contributed by atoms with E-state index >= 15 is 0 Å². The predicted octanol–water partition coefficient (Wildman–Crippen LogP) is 2.42. The molecule has 2 heteroatoms. The molecule has 0 aliphatic heterocycles. The van der Waals surface area contributed by atoms with Crippen molar-refractivity contribution in [3.05, 3.63) is 29.3 Å². The van der Waals surface area contributed by atoms with E-state index in [-0.39, 0.29) is 6.04 Å². The van der Waals surface area contributed by atoms with E-state index in [2.05, 4.69) is 26.0 Å². The molecule has 1 rings (SSSR count). The van der Waals surface area contributed by atoms with Crippen molar-refractivity contribution < 1.29 is 4.74 Å². The summed E-state index contributed by atoms with van der Waals surface area (Å²) < 4.78 is 5.62. The molecule has 0 spiro atoms. The molecular weight excluding hydrogens is 174 g/mol. The summed E-state index contributed by atoms with van der Waals surface area (Å²) >= 11 is 0. The van der Waals surface area contributed by atoms with Crippen LogP contribution in [0.4, 0.5) is 0 Å². The lowest BCUT2D eigenvalue weighted by atomic mass is 10.1. The van der Waals surface area contributed by atoms with Crippen LogP contribution in [0.5, 0.6) is 5.75 Å². The fourth-order valence-electron chi connectivity index (χ4n) is 1.32. The molecule has 1 aromatic carbocycles. The maximum Gasteiger partial charge on any atom is 0.122 e. The third-order valence-corrected chi connectivity index (χ3v) is 2.16. The Balaban J connectivity index is 2.51. The zero-order chi connectivity index (χ0) is 10.6. The molecule has 2 N–H and O–H groups in total. The minimum Gasteiger partial charge on any atom is -0.493 e. The fraction of sp³-hybridized carbons (Fsp3) is 0.500. The molecule has 0 bridgehead atoms. The van der Waals surface area contributed by atoms with Crippen molar-refractivity contribution in [2.45, 2.75) is 33.2 Å². The summed E-state index contributed by atoms with van der Waals surface area (Å²) in [5.74, 6) is 0.969. The van der Waals surface area contributed by atoms with Gasteiger partial charge in [-0.05, 0) is 38.8 Å². The van der Waals surface area contributed by atoms with Gasteiger partial charge < -0.3 is 10.5 Å². The monoisotopic (exact) mass is 193 g/mol. The SMILES string of the molecule is Cc1ccc(OCCC(C)N)c(C)c1. The van der Waals surface area contributed by atoms with Gasteiger partial charge in [0.15, 0.2) is 0 Å². The van der Waals surface area contributed by atoms with E-state index < -0.39 is 0 Å². The number of nitrogens with two attached hydrogens (primary N) is 1. The van der Waals surface area contributed by atoms with Crippen LogP contribution in [0.25, 0.3) is 0 Å². The van der Waals surface area contributed by atoms with Crippen LogP contribution in [0.3, 0.4) is 0 Å². The highest BCUT2D eigenvalue weighted by molar-refractivity contribution is 5.35. The number of rotatable bonds is 4. The van der Waals surface area contributed by atoms with Crippen LogP contribution in [0, 0.1) is 13.8 Å². The topological polar surface area (TPSA) is 35.2 Å². The van der Waals surface area contributed by atoms with Crippen LogP contribution in [0.2, 0.25) is 0 Å². The third kappa shape index (κ3) is 3.38. The summed E-state index contributed by atoms with van der Waals surface area (Å²) in [7, 11) is 0. The molecule has 14 heavy (non-hydrogen) atoms. The van der Waals surface area contributed by atoms with Gasteiger partial charge in [-0.3, -0.25) is 0 Å². The van der Waals surface area contributed by atoms with Gasteiger partial charge in [0.25, 0.3) is 0 Å². The highest BCUT2D eigenvalue weighted by Gasteiger charge is 2.00. The number of aryl methyl sites for hydroxylation is 2. The first-order valence-corrected chi connectivity index (χ1v) is 5.05. The molecule has 78 valence electrons. The Morgan fingerprint density at radius 2 is 2.07 bits per heavy atom. The molecule has 1 atom stereocenters. The van der Waals surface area contributed by atoms with Crippen molar-refractivity contribution in [3.63, 3.8) is 0 Å². The van der Waals surface area contributed by atoms with Crippen molar-refractivity contribution in [2.24, 2.45) is 5.73 Å². The maximum atomic E-state index is 5.64. The Bertz CT molecular complexity index is 294. The van der Waals surface area contributed by atoms with E-state index in [1.54, 1.807) is 0 Å². The van der Waals surface area contributed by atoms with E-state index in [1.165, 1.54) is 11.1 Å². The van der Waals surface area contributed by atoms with E-state index in [4.69, 9.17) is 10.5 Å². The van der Waals surface area contributed by atoms with E-state index in [1.807, 2.05) is 13.0 Å². The summed E-state index contributed by atoms with van der Waals surface area (Å²) in [6.45, 7) is 6.83. The van der Waals surface area contributed by atoms with Crippen LogP contribution >= 0.6 is 0 Å². The molecule has 0 fully saturated rings. The largest absolute Gasteiger partial charge is 0.493 e. The molecule has 0 radical (unpaired) electrons. The second-order valence-corrected chi connectivity index (χ2v) is 3.88. The average Bonchev–Trinajstić information content (AvgIpc) is 2.08. The number of benzene rings is 1. The first-order chi connectivity index (χ1) is 6.59. The maximum absolute atomic E-state index is 5.64. The van der Waals surface area contributed by atoms with Crippen LogP contribution in [0.1, 0.15) is 24.5 Å². The Hall–Kier alpha value is -1.02. The Labute approximate surface area is 86.1 Å². The van der Waals surface area contributed by atoms with Gasteiger partial charge in [-0.2, -0.15) is 0 Å². The zero-order valence-electron chi connectivity index (χ0n) is 9.21. The van der Waals surface area contributed by atoms with Gasteiger partial charge in [-0.1, -0.05) is 17.7 Å². The van der Waals surface area contributed by atoms with Crippen LogP contribution in [-0.2, 0) is 0 Å². The molecule has 0 heterocycles. The van der Waals surface area contributed by atoms with Gasteiger partial charge in [0.1, 0.15) is 5.75 Å². The second kappa shape index (κ2) is 5.01. The molecule has 1 aromatic rings. The highest BCUT2D eigenvalue weighted by atomic mass is 16.5. The Kier molecular flexibility index (Phi) is 3.96. The summed E-state index contributed by atoms with van der Waals surface area (Å²) in [5, 5.41) is 0. The number of hydrogen-bond donors (Lipinski definition) is 1. The molecule has 0 amide bonds. The normalized spacial score (nSPS) is 12.6. The smallest absolute Gasteiger partial charge is 0.122 e. The molecule has 0 saturated carbocycles. The van der Waals surface area contributed by atoms with E-state index in [9.17, 15) is 0 Å². The summed E-state index contributed by atoms with van der Waals surface area (Å²) in [6.07, 6.45) is 0.896. The molecule has 2 nitrogen and oxygen atoms in total. The predicted molar refractivity (Wildman–Crippen MR) is 59.7 cm³/mol. The first-order valence-electron chi connectivity index (χ1n) is 5.05. The van der Waals surface area contributed by atoms with Crippen LogP contribution in [-0.4, -0.2) is 12.6 Å². The average molecular weight is 193 g/mol. The Morgan fingerprint density at radius 1 is 1.36 bits per heavy atom. The van der Waals surface area contributed by atoms with Crippen molar-refractivity contribution in [1.82, 2.24) is 0 Å². The van der Waals surface area contributed by atoms with Gasteiger partial charge >= 0.3 is 0 Å². The lowest BCUT2D eigenvalue weighted by molar-refractivity contribution is 0.299. The minimum absolute atomic E-state index is 0.209. The zero-order valence-corrected chi connectivity index (χ0v) is 9.21. The molecular formula is C12H19NO. The van der Waals surface area contributed by atoms with E-state index in [0.29, 0.717) is 6.61 Å². The van der Waals surface area contributed by atoms with Gasteiger partial charge in [0.2, 0.25) is 0 Å². The molecule has 0 aliphatic carbocycles. The van der Waals surface area contributed by atoms with Crippen LogP contribution < -0.4 is 10.5 Å². The van der Waals surface area contributed by atoms with Crippen molar-refractivity contribution in [3.8, 4) is 5.75 Å². The standard InChI is InChI=1S/C12H19NO/c1-9-4-5-12(10(2)8-9)14-7-6-11(3)13/h4-5,8,11H,6-7,13H2,1-3H3. The molecule has 0 aromatic heterocycles.